The van der Waals surface area contributed by atoms with Crippen molar-refractivity contribution in [3.63, 3.8) is 0 Å². The Kier molecular flexibility index (Phi) is 7.32. The van der Waals surface area contributed by atoms with Gasteiger partial charge in [0.05, 0.1) is 6.54 Å². The lowest BCUT2D eigenvalue weighted by molar-refractivity contribution is 0.205. The number of anilines is 1. The van der Waals surface area contributed by atoms with E-state index in [2.05, 4.69) is 24.0 Å². The van der Waals surface area contributed by atoms with Crippen LogP contribution in [-0.2, 0) is 6.54 Å². The Balaban J connectivity index is 1.72. The second kappa shape index (κ2) is 10.1. The van der Waals surface area contributed by atoms with Gasteiger partial charge >= 0.3 is 6.03 Å². The number of likely N-dealkylation sites (tertiary alicyclic amines) is 1. The minimum Gasteiger partial charge on any atom is -0.324 e. The van der Waals surface area contributed by atoms with E-state index in [0.29, 0.717) is 6.54 Å². The molecular formula is C24H32N2O. The first-order chi connectivity index (χ1) is 13.3. The number of rotatable bonds is 6. The quantitative estimate of drug-likeness (QED) is 0.607. The fraction of sp³-hybridized carbons (Fsp3) is 0.458. The summed E-state index contributed by atoms with van der Waals surface area (Å²) in [5, 5.41) is 0. The SMILES string of the molecule is CCCCC1CCCN(C(=O)N(Cc2ccccc2)c2ccccc2)CC1. The summed E-state index contributed by atoms with van der Waals surface area (Å²) in [4.78, 5) is 17.4. The Morgan fingerprint density at radius 2 is 1.70 bits per heavy atom. The summed E-state index contributed by atoms with van der Waals surface area (Å²) in [5.41, 5.74) is 2.13. The molecule has 2 aromatic rings. The third-order valence-corrected chi connectivity index (χ3v) is 5.57. The van der Waals surface area contributed by atoms with Crippen molar-refractivity contribution in [2.24, 2.45) is 5.92 Å². The van der Waals surface area contributed by atoms with Gasteiger partial charge in [-0.1, -0.05) is 74.7 Å². The molecule has 0 spiro atoms. The van der Waals surface area contributed by atoms with Gasteiger partial charge in [-0.05, 0) is 42.9 Å². The summed E-state index contributed by atoms with van der Waals surface area (Å²) in [6.07, 6.45) is 7.40. The molecule has 1 saturated heterocycles. The molecule has 1 aliphatic rings. The van der Waals surface area contributed by atoms with Crippen LogP contribution in [0.2, 0.25) is 0 Å². The summed E-state index contributed by atoms with van der Waals surface area (Å²) in [7, 11) is 0. The van der Waals surface area contributed by atoms with E-state index in [-0.39, 0.29) is 6.03 Å². The summed E-state index contributed by atoms with van der Waals surface area (Å²) < 4.78 is 0. The normalized spacial score (nSPS) is 17.4. The van der Waals surface area contributed by atoms with Crippen molar-refractivity contribution in [1.82, 2.24) is 4.90 Å². The van der Waals surface area contributed by atoms with E-state index >= 15 is 0 Å². The van der Waals surface area contributed by atoms with Crippen molar-refractivity contribution in [1.29, 1.82) is 0 Å². The molecule has 1 aliphatic heterocycles. The van der Waals surface area contributed by atoms with Gasteiger partial charge < -0.3 is 4.90 Å². The predicted octanol–water partition coefficient (Wildman–Crippen LogP) is 6.11. The molecule has 0 N–H and O–H groups in total. The molecule has 0 saturated carbocycles. The molecule has 0 radical (unpaired) electrons. The monoisotopic (exact) mass is 364 g/mol. The topological polar surface area (TPSA) is 23.6 Å². The highest BCUT2D eigenvalue weighted by molar-refractivity contribution is 5.92. The van der Waals surface area contributed by atoms with E-state index in [0.717, 1.165) is 43.1 Å². The molecule has 3 rings (SSSR count). The zero-order valence-corrected chi connectivity index (χ0v) is 16.5. The van der Waals surface area contributed by atoms with Gasteiger partial charge in [-0.15, -0.1) is 0 Å². The van der Waals surface area contributed by atoms with E-state index in [9.17, 15) is 4.79 Å². The molecule has 2 aromatic carbocycles. The van der Waals surface area contributed by atoms with Crippen LogP contribution in [0.15, 0.2) is 60.7 Å². The fourth-order valence-electron chi connectivity index (χ4n) is 3.95. The van der Waals surface area contributed by atoms with Crippen LogP contribution in [0.4, 0.5) is 10.5 Å². The van der Waals surface area contributed by atoms with Gasteiger partial charge in [0.25, 0.3) is 0 Å². The molecule has 3 heteroatoms. The lowest BCUT2D eigenvalue weighted by Crippen LogP contribution is -2.43. The number of para-hydroxylation sites is 1. The minimum absolute atomic E-state index is 0.140. The van der Waals surface area contributed by atoms with Crippen molar-refractivity contribution in [3.05, 3.63) is 66.2 Å². The zero-order chi connectivity index (χ0) is 18.9. The number of carbonyl (C=O) groups is 1. The molecule has 1 unspecified atom stereocenters. The molecule has 2 amide bonds. The summed E-state index contributed by atoms with van der Waals surface area (Å²) in [6.45, 7) is 4.62. The number of nitrogens with zero attached hydrogens (tertiary/aromatic N) is 2. The van der Waals surface area contributed by atoms with Crippen molar-refractivity contribution in [3.8, 4) is 0 Å². The van der Waals surface area contributed by atoms with Crippen LogP contribution in [0.1, 0.15) is 51.0 Å². The van der Waals surface area contributed by atoms with E-state index in [1.54, 1.807) is 0 Å². The first-order valence-corrected chi connectivity index (χ1v) is 10.4. The molecule has 0 aromatic heterocycles. The smallest absolute Gasteiger partial charge is 0.324 e. The lowest BCUT2D eigenvalue weighted by Gasteiger charge is -2.30. The highest BCUT2D eigenvalue weighted by atomic mass is 16.2. The summed E-state index contributed by atoms with van der Waals surface area (Å²) in [5.74, 6) is 0.780. The average Bonchev–Trinajstić information content (AvgIpc) is 2.97. The molecule has 1 atom stereocenters. The maximum Gasteiger partial charge on any atom is 0.324 e. The molecule has 144 valence electrons. The highest BCUT2D eigenvalue weighted by Crippen LogP contribution is 2.25. The van der Waals surface area contributed by atoms with Gasteiger partial charge in [0.15, 0.2) is 0 Å². The Labute approximate surface area is 164 Å². The van der Waals surface area contributed by atoms with E-state index in [4.69, 9.17) is 0 Å². The van der Waals surface area contributed by atoms with E-state index in [1.165, 1.54) is 25.7 Å². The third-order valence-electron chi connectivity index (χ3n) is 5.57. The maximum absolute atomic E-state index is 13.4. The Hall–Kier alpha value is -2.29. The van der Waals surface area contributed by atoms with Gasteiger partial charge in [0, 0.05) is 18.8 Å². The van der Waals surface area contributed by atoms with Crippen LogP contribution in [0.25, 0.3) is 0 Å². The molecule has 0 aliphatic carbocycles. The van der Waals surface area contributed by atoms with Crippen LogP contribution in [-0.4, -0.2) is 24.0 Å². The Morgan fingerprint density at radius 3 is 2.41 bits per heavy atom. The second-order valence-electron chi connectivity index (χ2n) is 7.62. The van der Waals surface area contributed by atoms with Crippen molar-refractivity contribution < 1.29 is 4.79 Å². The maximum atomic E-state index is 13.4. The van der Waals surface area contributed by atoms with Gasteiger partial charge in [-0.25, -0.2) is 4.79 Å². The zero-order valence-electron chi connectivity index (χ0n) is 16.5. The van der Waals surface area contributed by atoms with E-state index in [1.807, 2.05) is 53.4 Å². The van der Waals surface area contributed by atoms with Gasteiger partial charge in [-0.2, -0.15) is 0 Å². The van der Waals surface area contributed by atoms with Crippen molar-refractivity contribution in [2.75, 3.05) is 18.0 Å². The van der Waals surface area contributed by atoms with Crippen molar-refractivity contribution in [2.45, 2.75) is 52.0 Å². The van der Waals surface area contributed by atoms with Gasteiger partial charge in [0.1, 0.15) is 0 Å². The number of amides is 2. The van der Waals surface area contributed by atoms with Crippen LogP contribution in [0.5, 0.6) is 0 Å². The van der Waals surface area contributed by atoms with Gasteiger partial charge in [-0.3, -0.25) is 4.90 Å². The molecule has 1 fully saturated rings. The number of benzene rings is 2. The first kappa shape index (κ1) is 19.5. The highest BCUT2D eigenvalue weighted by Gasteiger charge is 2.25. The number of urea groups is 1. The number of hydrogen-bond donors (Lipinski definition) is 0. The number of unbranched alkanes of at least 4 members (excludes halogenated alkanes) is 1. The fourth-order valence-corrected chi connectivity index (χ4v) is 3.95. The molecular weight excluding hydrogens is 332 g/mol. The standard InChI is InChI=1S/C24H32N2O/c1-2-3-11-21-14-10-18-25(19-17-21)24(27)26(23-15-8-5-9-16-23)20-22-12-6-4-7-13-22/h4-9,12-13,15-16,21H,2-3,10-11,14,17-20H2,1H3. The molecule has 27 heavy (non-hydrogen) atoms. The van der Waals surface area contributed by atoms with Gasteiger partial charge in [0.2, 0.25) is 0 Å². The van der Waals surface area contributed by atoms with Crippen LogP contribution >= 0.6 is 0 Å². The minimum atomic E-state index is 0.140. The predicted molar refractivity (Wildman–Crippen MR) is 113 cm³/mol. The Bertz CT molecular complexity index is 686. The summed E-state index contributed by atoms with van der Waals surface area (Å²) in [6, 6.07) is 20.5. The van der Waals surface area contributed by atoms with Crippen LogP contribution in [0.3, 0.4) is 0 Å². The molecule has 1 heterocycles. The number of carbonyl (C=O) groups excluding carboxylic acids is 1. The first-order valence-electron chi connectivity index (χ1n) is 10.4. The number of hydrogen-bond acceptors (Lipinski definition) is 1. The second-order valence-corrected chi connectivity index (χ2v) is 7.62. The molecule has 3 nitrogen and oxygen atoms in total. The lowest BCUT2D eigenvalue weighted by atomic mass is 9.95. The van der Waals surface area contributed by atoms with E-state index < -0.39 is 0 Å². The third kappa shape index (κ3) is 5.59. The average molecular weight is 365 g/mol. The largest absolute Gasteiger partial charge is 0.324 e. The molecule has 0 bridgehead atoms. The van der Waals surface area contributed by atoms with Crippen LogP contribution < -0.4 is 4.90 Å². The van der Waals surface area contributed by atoms with Crippen LogP contribution in [0, 0.1) is 5.92 Å². The Morgan fingerprint density at radius 1 is 1.00 bits per heavy atom. The summed E-state index contributed by atoms with van der Waals surface area (Å²) >= 11 is 0. The van der Waals surface area contributed by atoms with Crippen molar-refractivity contribution >= 4 is 11.7 Å².